The van der Waals surface area contributed by atoms with Crippen LogP contribution >= 0.6 is 0 Å². The fraction of sp³-hybridized carbons (Fsp3) is 0.769. The van der Waals surface area contributed by atoms with Crippen LogP contribution in [-0.4, -0.2) is 42.4 Å². The molecule has 0 aromatic carbocycles. The van der Waals surface area contributed by atoms with Crippen LogP contribution in [0.25, 0.3) is 0 Å². The highest BCUT2D eigenvalue weighted by Gasteiger charge is 2.19. The van der Waals surface area contributed by atoms with Crippen molar-refractivity contribution in [3.63, 3.8) is 0 Å². The highest BCUT2D eigenvalue weighted by atomic mass is 16.5. The zero-order valence-corrected chi connectivity index (χ0v) is 12.2. The third kappa shape index (κ3) is 3.99. The predicted octanol–water partition coefficient (Wildman–Crippen LogP) is 1.50. The molecule has 0 radical (unpaired) electrons. The van der Waals surface area contributed by atoms with Gasteiger partial charge in [0.15, 0.2) is 5.75 Å². The Morgan fingerprint density at radius 3 is 2.61 bits per heavy atom. The fourth-order valence-corrected chi connectivity index (χ4v) is 2.00. The minimum atomic E-state index is -0.0235. The quantitative estimate of drug-likeness (QED) is 0.801. The number of methoxy groups -OCH3 is 1. The predicted molar refractivity (Wildman–Crippen MR) is 73.7 cm³/mol. The summed E-state index contributed by atoms with van der Waals surface area (Å²) in [6.45, 7) is 6.11. The Balaban J connectivity index is 2.87. The van der Waals surface area contributed by atoms with Crippen molar-refractivity contribution < 1.29 is 4.74 Å². The number of aromatic nitrogens is 2. The molecule has 1 heterocycles. The van der Waals surface area contributed by atoms with Gasteiger partial charge in [-0.1, -0.05) is 13.8 Å². The first-order valence-electron chi connectivity index (χ1n) is 6.45. The minimum Gasteiger partial charge on any atom is -0.493 e. The van der Waals surface area contributed by atoms with E-state index < -0.39 is 0 Å². The molecule has 0 aliphatic rings. The third-order valence-corrected chi connectivity index (χ3v) is 2.90. The summed E-state index contributed by atoms with van der Waals surface area (Å²) in [4.78, 5) is 2.13. The minimum absolute atomic E-state index is 0.0235. The van der Waals surface area contributed by atoms with Gasteiger partial charge in [0.1, 0.15) is 0 Å². The summed E-state index contributed by atoms with van der Waals surface area (Å²) in [5.74, 6) is 1.35. The van der Waals surface area contributed by atoms with Gasteiger partial charge in [-0.3, -0.25) is 4.68 Å². The molecule has 0 spiro atoms. The monoisotopic (exact) mass is 254 g/mol. The van der Waals surface area contributed by atoms with E-state index in [0.29, 0.717) is 5.92 Å². The summed E-state index contributed by atoms with van der Waals surface area (Å²) >= 11 is 0. The molecule has 5 heteroatoms. The molecule has 1 atom stereocenters. The first-order chi connectivity index (χ1) is 8.45. The van der Waals surface area contributed by atoms with Crippen molar-refractivity contribution in [3.8, 4) is 5.75 Å². The molecule has 18 heavy (non-hydrogen) atoms. The van der Waals surface area contributed by atoms with Crippen molar-refractivity contribution in [2.75, 3.05) is 27.7 Å². The Morgan fingerprint density at radius 2 is 2.11 bits per heavy atom. The molecule has 104 valence electrons. The van der Waals surface area contributed by atoms with E-state index in [1.54, 1.807) is 13.3 Å². The second kappa shape index (κ2) is 6.75. The average molecular weight is 254 g/mol. The van der Waals surface area contributed by atoms with E-state index in [-0.39, 0.29) is 6.04 Å². The van der Waals surface area contributed by atoms with Crippen LogP contribution in [0.4, 0.5) is 0 Å². The Bertz CT molecular complexity index is 360. The average Bonchev–Trinajstić information content (AvgIpc) is 2.68. The lowest BCUT2D eigenvalue weighted by atomic mass is 10.0. The zero-order chi connectivity index (χ0) is 13.7. The van der Waals surface area contributed by atoms with Gasteiger partial charge in [-0.25, -0.2) is 0 Å². The first kappa shape index (κ1) is 15.0. The Labute approximate surface area is 110 Å². The topological polar surface area (TPSA) is 56.3 Å². The second-order valence-electron chi connectivity index (χ2n) is 5.36. The summed E-state index contributed by atoms with van der Waals surface area (Å²) in [6, 6.07) is -0.0235. The molecule has 1 rings (SSSR count). The highest BCUT2D eigenvalue weighted by Crippen LogP contribution is 2.27. The van der Waals surface area contributed by atoms with Crippen LogP contribution in [0.3, 0.4) is 0 Å². The molecule has 1 aromatic heterocycles. The molecule has 0 aliphatic carbocycles. The summed E-state index contributed by atoms with van der Waals surface area (Å²) in [7, 11) is 5.77. The maximum atomic E-state index is 6.27. The number of rotatable bonds is 7. The number of hydrogen-bond acceptors (Lipinski definition) is 4. The van der Waals surface area contributed by atoms with Crippen LogP contribution in [-0.2, 0) is 6.54 Å². The molecule has 1 unspecified atom stereocenters. The highest BCUT2D eigenvalue weighted by molar-refractivity contribution is 5.28. The fourth-order valence-electron chi connectivity index (χ4n) is 2.00. The molecule has 1 aromatic rings. The third-order valence-electron chi connectivity index (χ3n) is 2.90. The lowest BCUT2D eigenvalue weighted by Crippen LogP contribution is -2.24. The van der Waals surface area contributed by atoms with E-state index >= 15 is 0 Å². The molecular weight excluding hydrogens is 228 g/mol. The Hall–Kier alpha value is -1.07. The SMILES string of the molecule is COc1cnn(CCN(C)C)c1C(N)CC(C)C. The van der Waals surface area contributed by atoms with Crippen molar-refractivity contribution in [2.45, 2.75) is 32.9 Å². The van der Waals surface area contributed by atoms with Gasteiger partial charge in [-0.05, 0) is 26.4 Å². The van der Waals surface area contributed by atoms with Crippen molar-refractivity contribution in [1.29, 1.82) is 0 Å². The number of likely N-dealkylation sites (N-methyl/N-ethyl adjacent to an activating group) is 1. The van der Waals surface area contributed by atoms with Gasteiger partial charge in [-0.2, -0.15) is 5.10 Å². The number of ether oxygens (including phenoxy) is 1. The van der Waals surface area contributed by atoms with Gasteiger partial charge >= 0.3 is 0 Å². The largest absolute Gasteiger partial charge is 0.493 e. The van der Waals surface area contributed by atoms with E-state index in [1.165, 1.54) is 0 Å². The van der Waals surface area contributed by atoms with E-state index in [1.807, 2.05) is 4.68 Å². The summed E-state index contributed by atoms with van der Waals surface area (Å²) in [5, 5.41) is 4.37. The molecule has 0 amide bonds. The van der Waals surface area contributed by atoms with Crippen LogP contribution < -0.4 is 10.5 Å². The van der Waals surface area contributed by atoms with E-state index in [0.717, 1.165) is 31.0 Å². The van der Waals surface area contributed by atoms with Crippen LogP contribution in [0.2, 0.25) is 0 Å². The van der Waals surface area contributed by atoms with Gasteiger partial charge in [0, 0.05) is 6.54 Å². The van der Waals surface area contributed by atoms with Gasteiger partial charge in [0.2, 0.25) is 0 Å². The maximum Gasteiger partial charge on any atom is 0.161 e. The van der Waals surface area contributed by atoms with E-state index in [4.69, 9.17) is 10.5 Å². The number of nitrogens with two attached hydrogens (primary N) is 1. The number of nitrogens with zero attached hydrogens (tertiary/aromatic N) is 3. The van der Waals surface area contributed by atoms with Crippen molar-refractivity contribution in [3.05, 3.63) is 11.9 Å². The zero-order valence-electron chi connectivity index (χ0n) is 12.2. The van der Waals surface area contributed by atoms with Crippen LogP contribution in [0.1, 0.15) is 32.0 Å². The molecule has 0 saturated carbocycles. The lowest BCUT2D eigenvalue weighted by molar-refractivity contribution is 0.355. The van der Waals surface area contributed by atoms with E-state index in [9.17, 15) is 0 Å². The van der Waals surface area contributed by atoms with Crippen molar-refractivity contribution in [1.82, 2.24) is 14.7 Å². The first-order valence-corrected chi connectivity index (χ1v) is 6.45. The molecule has 5 nitrogen and oxygen atoms in total. The smallest absolute Gasteiger partial charge is 0.161 e. The van der Waals surface area contributed by atoms with Crippen LogP contribution in [0.5, 0.6) is 5.75 Å². The van der Waals surface area contributed by atoms with Gasteiger partial charge in [-0.15, -0.1) is 0 Å². The Morgan fingerprint density at radius 1 is 1.44 bits per heavy atom. The standard InChI is InChI=1S/C13H26N4O/c1-10(2)8-11(14)13-12(18-5)9-15-17(13)7-6-16(3)4/h9-11H,6-8,14H2,1-5H3. The van der Waals surface area contributed by atoms with Gasteiger partial charge in [0.25, 0.3) is 0 Å². The summed E-state index contributed by atoms with van der Waals surface area (Å²) in [6.07, 6.45) is 2.69. The van der Waals surface area contributed by atoms with Crippen LogP contribution in [0.15, 0.2) is 6.20 Å². The van der Waals surface area contributed by atoms with Gasteiger partial charge < -0.3 is 15.4 Å². The molecule has 0 fully saturated rings. The molecule has 2 N–H and O–H groups in total. The summed E-state index contributed by atoms with van der Waals surface area (Å²) in [5.41, 5.74) is 7.28. The van der Waals surface area contributed by atoms with Crippen molar-refractivity contribution >= 4 is 0 Å². The maximum absolute atomic E-state index is 6.27. The van der Waals surface area contributed by atoms with Crippen molar-refractivity contribution in [2.24, 2.45) is 11.7 Å². The normalized spacial score (nSPS) is 13.3. The lowest BCUT2D eigenvalue weighted by Gasteiger charge is -2.18. The molecule has 0 bridgehead atoms. The molecule has 0 aliphatic heterocycles. The van der Waals surface area contributed by atoms with Crippen LogP contribution in [0, 0.1) is 5.92 Å². The number of hydrogen-bond donors (Lipinski definition) is 1. The molecular formula is C13H26N4O. The molecule has 0 saturated heterocycles. The second-order valence-corrected chi connectivity index (χ2v) is 5.36. The van der Waals surface area contributed by atoms with Gasteiger partial charge in [0.05, 0.1) is 31.6 Å². The van der Waals surface area contributed by atoms with E-state index in [2.05, 4.69) is 37.9 Å². The summed E-state index contributed by atoms with van der Waals surface area (Å²) < 4.78 is 7.32. The Kier molecular flexibility index (Phi) is 5.62.